The summed E-state index contributed by atoms with van der Waals surface area (Å²) in [6, 6.07) is 4.14. The lowest BCUT2D eigenvalue weighted by Crippen LogP contribution is -2.34. The molecular weight excluding hydrogens is 326 g/mol. The third-order valence-corrected chi connectivity index (χ3v) is 4.86. The van der Waals surface area contributed by atoms with Crippen molar-refractivity contribution in [2.45, 2.75) is 25.3 Å². The number of piperidine rings is 1. The first kappa shape index (κ1) is 16.7. The van der Waals surface area contributed by atoms with Gasteiger partial charge in [-0.25, -0.2) is 15.0 Å². The minimum atomic E-state index is 0.398. The second kappa shape index (κ2) is 7.61. The molecule has 0 amide bonds. The van der Waals surface area contributed by atoms with E-state index >= 15 is 0 Å². The molecule has 1 unspecified atom stereocenters. The lowest BCUT2D eigenvalue weighted by Gasteiger charge is -2.32. The highest BCUT2D eigenvalue weighted by molar-refractivity contribution is 5.42. The van der Waals surface area contributed by atoms with Crippen molar-refractivity contribution >= 4 is 5.82 Å². The number of aromatic nitrogens is 5. The van der Waals surface area contributed by atoms with Crippen LogP contribution in [0.3, 0.4) is 0 Å². The summed E-state index contributed by atoms with van der Waals surface area (Å²) in [4.78, 5) is 20.2. The highest BCUT2D eigenvalue weighted by Crippen LogP contribution is 2.27. The number of nitrogens with zero attached hydrogens (tertiary/aromatic N) is 6. The number of hydrogen-bond donors (Lipinski definition) is 1. The Labute approximate surface area is 153 Å². The molecule has 1 saturated heterocycles. The molecule has 0 aliphatic carbocycles. The van der Waals surface area contributed by atoms with Crippen molar-refractivity contribution in [1.82, 2.24) is 29.4 Å². The average Bonchev–Trinajstić information content (AvgIpc) is 3.24. The molecule has 1 aliphatic heterocycles. The monoisotopic (exact) mass is 349 g/mol. The molecule has 26 heavy (non-hydrogen) atoms. The van der Waals surface area contributed by atoms with Gasteiger partial charge in [0.05, 0.1) is 11.9 Å². The molecule has 1 atom stereocenters. The van der Waals surface area contributed by atoms with Crippen LogP contribution in [0.5, 0.6) is 0 Å². The van der Waals surface area contributed by atoms with Crippen LogP contribution >= 0.6 is 0 Å². The lowest BCUT2D eigenvalue weighted by atomic mass is 9.94. The van der Waals surface area contributed by atoms with Crippen LogP contribution in [0.25, 0.3) is 5.82 Å². The van der Waals surface area contributed by atoms with Crippen LogP contribution in [0.2, 0.25) is 0 Å². The van der Waals surface area contributed by atoms with Gasteiger partial charge in [0, 0.05) is 56.4 Å². The smallest absolute Gasteiger partial charge is 0.156 e. The van der Waals surface area contributed by atoms with E-state index in [2.05, 4.69) is 31.2 Å². The van der Waals surface area contributed by atoms with E-state index in [1.54, 1.807) is 18.7 Å². The van der Waals surface area contributed by atoms with Crippen LogP contribution in [-0.2, 0) is 6.54 Å². The fourth-order valence-electron chi connectivity index (χ4n) is 3.56. The van der Waals surface area contributed by atoms with Gasteiger partial charge in [0.1, 0.15) is 12.1 Å². The maximum atomic E-state index is 4.82. The maximum Gasteiger partial charge on any atom is 0.156 e. The first-order valence-electron chi connectivity index (χ1n) is 8.98. The van der Waals surface area contributed by atoms with Crippen molar-refractivity contribution in [2.75, 3.05) is 25.5 Å². The molecule has 1 N–H and O–H groups in total. The minimum absolute atomic E-state index is 0.398. The van der Waals surface area contributed by atoms with Crippen molar-refractivity contribution in [1.29, 1.82) is 0 Å². The zero-order valence-electron chi connectivity index (χ0n) is 14.9. The topological polar surface area (TPSA) is 71.8 Å². The highest BCUT2D eigenvalue weighted by Gasteiger charge is 2.23. The first-order valence-corrected chi connectivity index (χ1v) is 8.98. The van der Waals surface area contributed by atoms with E-state index in [0.29, 0.717) is 5.92 Å². The fourth-order valence-corrected chi connectivity index (χ4v) is 3.56. The number of pyridine rings is 1. The van der Waals surface area contributed by atoms with Crippen LogP contribution < -0.4 is 5.32 Å². The van der Waals surface area contributed by atoms with Crippen LogP contribution in [0.4, 0.5) is 5.82 Å². The normalized spacial score (nSPS) is 18.0. The summed E-state index contributed by atoms with van der Waals surface area (Å²) in [5.41, 5.74) is 2.29. The number of hydrogen-bond acceptors (Lipinski definition) is 6. The molecular formula is C19H23N7. The lowest BCUT2D eigenvalue weighted by molar-refractivity contribution is 0.198. The molecule has 4 rings (SSSR count). The maximum absolute atomic E-state index is 4.82. The van der Waals surface area contributed by atoms with Gasteiger partial charge in [-0.05, 0) is 25.5 Å². The summed E-state index contributed by atoms with van der Waals surface area (Å²) in [5.74, 6) is 2.17. The van der Waals surface area contributed by atoms with Gasteiger partial charge < -0.3 is 5.32 Å². The van der Waals surface area contributed by atoms with Gasteiger partial charge in [-0.3, -0.25) is 14.5 Å². The Morgan fingerprint density at radius 3 is 3.04 bits per heavy atom. The van der Waals surface area contributed by atoms with Gasteiger partial charge in [-0.1, -0.05) is 6.07 Å². The molecule has 7 heteroatoms. The zero-order chi connectivity index (χ0) is 17.8. The Balaban J connectivity index is 1.49. The minimum Gasteiger partial charge on any atom is -0.373 e. The molecule has 0 saturated carbocycles. The largest absolute Gasteiger partial charge is 0.373 e. The third-order valence-electron chi connectivity index (χ3n) is 4.86. The molecule has 7 nitrogen and oxygen atoms in total. The highest BCUT2D eigenvalue weighted by atomic mass is 15.1. The van der Waals surface area contributed by atoms with Crippen LogP contribution in [0.15, 0.2) is 49.4 Å². The van der Waals surface area contributed by atoms with Gasteiger partial charge in [-0.15, -0.1) is 0 Å². The van der Waals surface area contributed by atoms with E-state index in [1.165, 1.54) is 5.56 Å². The number of anilines is 1. The quantitative estimate of drug-likeness (QED) is 0.763. The number of imidazole rings is 1. The Morgan fingerprint density at radius 1 is 1.23 bits per heavy atom. The molecule has 0 bridgehead atoms. The second-order valence-corrected chi connectivity index (χ2v) is 6.61. The molecule has 0 aromatic carbocycles. The molecule has 1 aliphatic rings. The molecule has 4 heterocycles. The Morgan fingerprint density at radius 2 is 2.19 bits per heavy atom. The molecule has 0 spiro atoms. The molecule has 3 aromatic heterocycles. The summed E-state index contributed by atoms with van der Waals surface area (Å²) in [5, 5.41) is 3.18. The van der Waals surface area contributed by atoms with Gasteiger partial charge >= 0.3 is 0 Å². The zero-order valence-corrected chi connectivity index (χ0v) is 14.9. The van der Waals surface area contributed by atoms with E-state index in [4.69, 9.17) is 4.98 Å². The number of likely N-dealkylation sites (tertiary alicyclic amines) is 1. The third kappa shape index (κ3) is 3.57. The molecule has 1 fully saturated rings. The number of rotatable bonds is 5. The van der Waals surface area contributed by atoms with E-state index in [9.17, 15) is 0 Å². The summed E-state index contributed by atoms with van der Waals surface area (Å²) in [6.07, 6.45) is 13.2. The molecule has 3 aromatic rings. The first-order chi connectivity index (χ1) is 12.8. The van der Waals surface area contributed by atoms with Crippen LogP contribution in [-0.4, -0.2) is 49.5 Å². The van der Waals surface area contributed by atoms with Gasteiger partial charge in [-0.2, -0.15) is 0 Å². The van der Waals surface area contributed by atoms with Crippen LogP contribution in [0, 0.1) is 0 Å². The summed E-state index contributed by atoms with van der Waals surface area (Å²) < 4.78 is 1.89. The predicted octanol–water partition coefficient (Wildman–Crippen LogP) is 2.48. The van der Waals surface area contributed by atoms with E-state index in [0.717, 1.165) is 49.8 Å². The van der Waals surface area contributed by atoms with Gasteiger partial charge in [0.15, 0.2) is 5.82 Å². The Hall–Kier alpha value is -2.80. The fraction of sp³-hybridized carbons (Fsp3) is 0.368. The van der Waals surface area contributed by atoms with E-state index in [1.807, 2.05) is 36.3 Å². The summed E-state index contributed by atoms with van der Waals surface area (Å²) in [6.45, 7) is 2.98. The number of nitrogens with one attached hydrogen (secondary N) is 1. The standard InChI is InChI=1S/C19H23N7/c1-20-19-16(4-2-6-23-19)13-25-8-3-5-15(12-25)17-10-22-11-18(24-17)26-9-7-21-14-26/h2,4,6-7,9-11,14-15H,3,5,8,12-13H2,1H3,(H,20,23). The van der Waals surface area contributed by atoms with Gasteiger partial charge in [0.2, 0.25) is 0 Å². The molecule has 0 radical (unpaired) electrons. The SMILES string of the molecule is CNc1ncccc1CN1CCCC(c2cncc(-n3ccnc3)n2)C1. The summed E-state index contributed by atoms with van der Waals surface area (Å²) in [7, 11) is 1.92. The molecule has 134 valence electrons. The average molecular weight is 349 g/mol. The van der Waals surface area contributed by atoms with E-state index < -0.39 is 0 Å². The van der Waals surface area contributed by atoms with E-state index in [-0.39, 0.29) is 0 Å². The van der Waals surface area contributed by atoms with Gasteiger partial charge in [0.25, 0.3) is 0 Å². The predicted molar refractivity (Wildman–Crippen MR) is 100 cm³/mol. The van der Waals surface area contributed by atoms with Crippen molar-refractivity contribution in [3.8, 4) is 5.82 Å². The van der Waals surface area contributed by atoms with Crippen molar-refractivity contribution < 1.29 is 0 Å². The Kier molecular flexibility index (Phi) is 4.88. The van der Waals surface area contributed by atoms with Crippen molar-refractivity contribution in [2.24, 2.45) is 0 Å². The Bertz CT molecular complexity index is 847. The second-order valence-electron chi connectivity index (χ2n) is 6.61. The van der Waals surface area contributed by atoms with Crippen LogP contribution in [0.1, 0.15) is 30.0 Å². The summed E-state index contributed by atoms with van der Waals surface area (Å²) >= 11 is 0. The van der Waals surface area contributed by atoms with Crippen molar-refractivity contribution in [3.05, 3.63) is 60.7 Å². The van der Waals surface area contributed by atoms with Crippen molar-refractivity contribution in [3.63, 3.8) is 0 Å².